The Bertz CT molecular complexity index is 164. The van der Waals surface area contributed by atoms with Gasteiger partial charge in [-0.3, -0.25) is 0 Å². The molecule has 0 aromatic heterocycles. The van der Waals surface area contributed by atoms with Gasteiger partial charge >= 0.3 is 6.03 Å². The quantitative estimate of drug-likeness (QED) is 0.686. The number of hydrogen-bond donors (Lipinski definition) is 2. The van der Waals surface area contributed by atoms with Crippen LogP contribution in [0.1, 0.15) is 33.1 Å². The van der Waals surface area contributed by atoms with Gasteiger partial charge in [0.25, 0.3) is 0 Å². The smallest absolute Gasteiger partial charge is 0.314 e. The Hall–Kier alpha value is -0.730. The first-order chi connectivity index (χ1) is 6.26. The number of nitrogens with one attached hydrogen (secondary N) is 2. The summed E-state index contributed by atoms with van der Waals surface area (Å²) in [7, 11) is 0. The lowest BCUT2D eigenvalue weighted by molar-refractivity contribution is 0.181. The normalized spacial score (nSPS) is 26.3. The minimum atomic E-state index is -0.0255. The van der Waals surface area contributed by atoms with Crippen molar-refractivity contribution in [3.63, 3.8) is 0 Å². The Kier molecular flexibility index (Phi) is 4.06. The Labute approximate surface area is 80.3 Å². The summed E-state index contributed by atoms with van der Waals surface area (Å²) in [4.78, 5) is 11.0. The van der Waals surface area contributed by atoms with Crippen molar-refractivity contribution in [2.45, 2.75) is 33.1 Å². The van der Waals surface area contributed by atoms with Crippen LogP contribution in [0.3, 0.4) is 0 Å². The number of rotatable bonds is 4. The van der Waals surface area contributed by atoms with E-state index in [1.807, 2.05) is 6.92 Å². The highest BCUT2D eigenvalue weighted by Crippen LogP contribution is 2.35. The van der Waals surface area contributed by atoms with Crippen molar-refractivity contribution in [3.05, 3.63) is 0 Å². The first kappa shape index (κ1) is 10.4. The maximum atomic E-state index is 11.0. The van der Waals surface area contributed by atoms with E-state index in [-0.39, 0.29) is 6.03 Å². The van der Waals surface area contributed by atoms with Crippen molar-refractivity contribution >= 4 is 6.03 Å². The van der Waals surface area contributed by atoms with Crippen LogP contribution in [0.25, 0.3) is 0 Å². The second kappa shape index (κ2) is 5.10. The van der Waals surface area contributed by atoms with Crippen LogP contribution in [0, 0.1) is 11.8 Å². The van der Waals surface area contributed by atoms with Gasteiger partial charge in [-0.05, 0) is 31.6 Å². The fraction of sp³-hybridized carbons (Fsp3) is 0.900. The van der Waals surface area contributed by atoms with Crippen molar-refractivity contribution < 1.29 is 4.79 Å². The molecule has 1 rings (SSSR count). The maximum Gasteiger partial charge on any atom is 0.314 e. The highest BCUT2D eigenvalue weighted by atomic mass is 16.2. The van der Waals surface area contributed by atoms with Crippen molar-refractivity contribution in [1.29, 1.82) is 0 Å². The first-order valence-corrected chi connectivity index (χ1v) is 5.27. The molecule has 0 heterocycles. The van der Waals surface area contributed by atoms with E-state index in [9.17, 15) is 4.79 Å². The molecule has 0 radical (unpaired) electrons. The van der Waals surface area contributed by atoms with E-state index in [1.165, 1.54) is 19.3 Å². The zero-order chi connectivity index (χ0) is 9.68. The van der Waals surface area contributed by atoms with Crippen molar-refractivity contribution in [3.8, 4) is 0 Å². The number of carbonyl (C=O) groups is 1. The molecule has 1 fully saturated rings. The highest BCUT2D eigenvalue weighted by Gasteiger charge is 2.27. The van der Waals surface area contributed by atoms with E-state index in [1.54, 1.807) is 0 Å². The Morgan fingerprint density at radius 1 is 1.23 bits per heavy atom. The Morgan fingerprint density at radius 3 is 2.46 bits per heavy atom. The molecule has 2 N–H and O–H groups in total. The lowest BCUT2D eigenvalue weighted by Gasteiger charge is -2.34. The highest BCUT2D eigenvalue weighted by molar-refractivity contribution is 5.73. The summed E-state index contributed by atoms with van der Waals surface area (Å²) < 4.78 is 0. The molecule has 0 aromatic carbocycles. The predicted octanol–water partition coefficient (Wildman–Crippen LogP) is 1.74. The van der Waals surface area contributed by atoms with Crippen LogP contribution in [0.2, 0.25) is 0 Å². The number of hydrogen-bond acceptors (Lipinski definition) is 1. The van der Waals surface area contributed by atoms with Crippen molar-refractivity contribution in [2.24, 2.45) is 11.8 Å². The minimum Gasteiger partial charge on any atom is -0.338 e. The van der Waals surface area contributed by atoms with E-state index >= 15 is 0 Å². The molecule has 13 heavy (non-hydrogen) atoms. The van der Waals surface area contributed by atoms with Gasteiger partial charge in [0.1, 0.15) is 0 Å². The number of urea groups is 1. The lowest BCUT2D eigenvalue weighted by atomic mass is 9.73. The van der Waals surface area contributed by atoms with Crippen LogP contribution in [0.4, 0.5) is 4.79 Å². The molecule has 0 aromatic rings. The fourth-order valence-electron chi connectivity index (χ4n) is 1.83. The van der Waals surface area contributed by atoms with Gasteiger partial charge < -0.3 is 10.6 Å². The summed E-state index contributed by atoms with van der Waals surface area (Å²) in [6.45, 7) is 5.71. The summed E-state index contributed by atoms with van der Waals surface area (Å²) in [5.41, 5.74) is 0. The molecular weight excluding hydrogens is 164 g/mol. The van der Waals surface area contributed by atoms with Gasteiger partial charge in [0.2, 0.25) is 0 Å². The molecule has 3 heteroatoms. The van der Waals surface area contributed by atoms with E-state index in [0.29, 0.717) is 6.54 Å². The molecule has 0 aliphatic heterocycles. The SMILES string of the molecule is CCNC(=O)NC[C@H]1C[C@@H](CC)C1. The molecule has 76 valence electrons. The topological polar surface area (TPSA) is 41.1 Å². The van der Waals surface area contributed by atoms with Gasteiger partial charge in [-0.25, -0.2) is 4.79 Å². The van der Waals surface area contributed by atoms with Crippen LogP contribution in [-0.4, -0.2) is 19.1 Å². The maximum absolute atomic E-state index is 11.0. The monoisotopic (exact) mass is 184 g/mol. The second-order valence-electron chi connectivity index (χ2n) is 3.85. The molecule has 1 saturated carbocycles. The van der Waals surface area contributed by atoms with Crippen LogP contribution in [0.15, 0.2) is 0 Å². The largest absolute Gasteiger partial charge is 0.338 e. The van der Waals surface area contributed by atoms with Gasteiger partial charge in [0.05, 0.1) is 0 Å². The summed E-state index contributed by atoms with van der Waals surface area (Å²) >= 11 is 0. The zero-order valence-electron chi connectivity index (χ0n) is 8.60. The lowest BCUT2D eigenvalue weighted by Crippen LogP contribution is -2.41. The molecule has 0 saturated heterocycles. The molecule has 1 aliphatic carbocycles. The third-order valence-corrected chi connectivity index (χ3v) is 2.80. The van der Waals surface area contributed by atoms with Crippen LogP contribution in [0.5, 0.6) is 0 Å². The molecule has 2 amide bonds. The molecule has 0 spiro atoms. The van der Waals surface area contributed by atoms with Gasteiger partial charge in [0, 0.05) is 13.1 Å². The van der Waals surface area contributed by atoms with E-state index in [4.69, 9.17) is 0 Å². The van der Waals surface area contributed by atoms with E-state index < -0.39 is 0 Å². The molecule has 3 nitrogen and oxygen atoms in total. The number of amides is 2. The van der Waals surface area contributed by atoms with Crippen LogP contribution >= 0.6 is 0 Å². The standard InChI is InChI=1S/C10H20N2O/c1-3-8-5-9(6-8)7-12-10(13)11-4-2/h8-9H,3-7H2,1-2H3,(H2,11,12,13)/t8-,9+. The van der Waals surface area contributed by atoms with Gasteiger partial charge in [-0.15, -0.1) is 0 Å². The molecule has 0 unspecified atom stereocenters. The summed E-state index contributed by atoms with van der Waals surface area (Å²) in [5.74, 6) is 1.65. The fourth-order valence-corrected chi connectivity index (χ4v) is 1.83. The van der Waals surface area contributed by atoms with Gasteiger partial charge in [0.15, 0.2) is 0 Å². The second-order valence-corrected chi connectivity index (χ2v) is 3.85. The molecule has 0 bridgehead atoms. The van der Waals surface area contributed by atoms with E-state index in [2.05, 4.69) is 17.6 Å². The third-order valence-electron chi connectivity index (χ3n) is 2.80. The number of carbonyl (C=O) groups excluding carboxylic acids is 1. The molecular formula is C10H20N2O. The van der Waals surface area contributed by atoms with Crippen LogP contribution in [-0.2, 0) is 0 Å². The van der Waals surface area contributed by atoms with Crippen molar-refractivity contribution in [2.75, 3.05) is 13.1 Å². The predicted molar refractivity (Wildman–Crippen MR) is 53.6 cm³/mol. The summed E-state index contributed by atoms with van der Waals surface area (Å²) in [6, 6.07) is -0.0255. The Balaban J connectivity index is 1.98. The van der Waals surface area contributed by atoms with Crippen LogP contribution < -0.4 is 10.6 Å². The minimum absolute atomic E-state index is 0.0255. The molecule has 1 aliphatic rings. The zero-order valence-corrected chi connectivity index (χ0v) is 8.60. The average Bonchev–Trinajstić information content (AvgIpc) is 2.02. The third kappa shape index (κ3) is 3.25. The van der Waals surface area contributed by atoms with E-state index in [0.717, 1.165) is 18.4 Å². The van der Waals surface area contributed by atoms with Gasteiger partial charge in [-0.2, -0.15) is 0 Å². The Morgan fingerprint density at radius 2 is 1.92 bits per heavy atom. The van der Waals surface area contributed by atoms with Gasteiger partial charge in [-0.1, -0.05) is 13.3 Å². The first-order valence-electron chi connectivity index (χ1n) is 5.27. The summed E-state index contributed by atoms with van der Waals surface area (Å²) in [5, 5.41) is 5.60. The van der Waals surface area contributed by atoms with Crippen molar-refractivity contribution in [1.82, 2.24) is 10.6 Å². The summed E-state index contributed by atoms with van der Waals surface area (Å²) in [6.07, 6.45) is 3.88. The average molecular weight is 184 g/mol. The molecule has 0 atom stereocenters.